The van der Waals surface area contributed by atoms with Crippen molar-refractivity contribution in [1.82, 2.24) is 0 Å². The minimum Gasteiger partial charge on any atom is -0.497 e. The molecule has 2 aliphatic rings. The second-order valence-corrected chi connectivity index (χ2v) is 3.77. The molecule has 0 bridgehead atoms. The van der Waals surface area contributed by atoms with Crippen molar-refractivity contribution in [1.29, 1.82) is 0 Å². The Morgan fingerprint density at radius 1 is 1.22 bits per heavy atom. The molecule has 1 aromatic rings. The van der Waals surface area contributed by atoms with Gasteiger partial charge in [-0.15, -0.1) is 0 Å². The van der Waals surface area contributed by atoms with Gasteiger partial charge in [0, 0.05) is 11.8 Å². The van der Waals surface area contributed by atoms with Crippen molar-refractivity contribution < 1.29 is 4.74 Å². The number of hydrogen-bond acceptors (Lipinski definition) is 6. The Hall–Kier alpha value is -2.50. The van der Waals surface area contributed by atoms with E-state index in [4.69, 9.17) is 4.74 Å². The van der Waals surface area contributed by atoms with E-state index >= 15 is 0 Å². The van der Waals surface area contributed by atoms with Crippen molar-refractivity contribution in [2.24, 2.45) is 20.0 Å². The van der Waals surface area contributed by atoms with Gasteiger partial charge in [0.15, 0.2) is 11.9 Å². The standard InChI is InChI=1S/C12H11N5O/c1-18-9-4-2-3-8(5-9)17-12-10-11(14-6-13-10)15-7-16-12/h2-7,10H,1H3,(H,13,14,15,16,17)/t10-/m1/s1. The maximum atomic E-state index is 5.17. The lowest BCUT2D eigenvalue weighted by atomic mass is 10.2. The summed E-state index contributed by atoms with van der Waals surface area (Å²) in [6.07, 6.45) is 2.98. The van der Waals surface area contributed by atoms with Gasteiger partial charge in [0.25, 0.3) is 0 Å². The number of aliphatic imine (C=N–C) groups is 4. The number of rotatable bonds is 2. The van der Waals surface area contributed by atoms with Gasteiger partial charge in [0.05, 0.1) is 7.11 Å². The van der Waals surface area contributed by atoms with Crippen LogP contribution in [0.3, 0.4) is 0 Å². The highest BCUT2D eigenvalue weighted by Gasteiger charge is 2.26. The van der Waals surface area contributed by atoms with Gasteiger partial charge < -0.3 is 10.1 Å². The van der Waals surface area contributed by atoms with Crippen LogP contribution >= 0.6 is 0 Å². The van der Waals surface area contributed by atoms with Crippen molar-refractivity contribution in [3.8, 4) is 5.75 Å². The monoisotopic (exact) mass is 241 g/mol. The van der Waals surface area contributed by atoms with E-state index in [1.807, 2.05) is 24.3 Å². The Morgan fingerprint density at radius 2 is 2.17 bits per heavy atom. The lowest BCUT2D eigenvalue weighted by Gasteiger charge is -2.16. The van der Waals surface area contributed by atoms with E-state index in [2.05, 4.69) is 25.3 Å². The number of nitrogens with zero attached hydrogens (tertiary/aromatic N) is 4. The molecule has 2 aliphatic heterocycles. The fourth-order valence-corrected chi connectivity index (χ4v) is 1.76. The summed E-state index contributed by atoms with van der Waals surface area (Å²) in [6.45, 7) is 0. The van der Waals surface area contributed by atoms with E-state index in [0.717, 1.165) is 11.4 Å². The molecule has 90 valence electrons. The number of ether oxygens (including phenoxy) is 1. The third kappa shape index (κ3) is 1.88. The zero-order chi connectivity index (χ0) is 12.4. The third-order valence-corrected chi connectivity index (χ3v) is 2.64. The molecule has 2 heterocycles. The zero-order valence-electron chi connectivity index (χ0n) is 9.74. The van der Waals surface area contributed by atoms with Crippen molar-refractivity contribution >= 4 is 30.0 Å². The number of nitrogens with one attached hydrogen (secondary N) is 1. The van der Waals surface area contributed by atoms with E-state index < -0.39 is 0 Å². The summed E-state index contributed by atoms with van der Waals surface area (Å²) in [6, 6.07) is 7.40. The van der Waals surface area contributed by atoms with E-state index in [1.165, 1.54) is 12.7 Å². The van der Waals surface area contributed by atoms with Crippen molar-refractivity contribution in [3.63, 3.8) is 0 Å². The van der Waals surface area contributed by atoms with Crippen LogP contribution in [0.15, 0.2) is 44.2 Å². The molecule has 6 heteroatoms. The van der Waals surface area contributed by atoms with Crippen molar-refractivity contribution in [2.75, 3.05) is 12.4 Å². The molecule has 1 aromatic carbocycles. The quantitative estimate of drug-likeness (QED) is 0.849. The molecule has 0 saturated heterocycles. The van der Waals surface area contributed by atoms with E-state index in [0.29, 0.717) is 11.7 Å². The molecule has 0 radical (unpaired) electrons. The highest BCUT2D eigenvalue weighted by atomic mass is 16.5. The predicted octanol–water partition coefficient (Wildman–Crippen LogP) is 1.36. The molecule has 0 unspecified atom stereocenters. The predicted molar refractivity (Wildman–Crippen MR) is 72.3 cm³/mol. The highest BCUT2D eigenvalue weighted by molar-refractivity contribution is 6.23. The van der Waals surface area contributed by atoms with Gasteiger partial charge in [0.2, 0.25) is 0 Å². The van der Waals surface area contributed by atoms with E-state index in [9.17, 15) is 0 Å². The first-order valence-corrected chi connectivity index (χ1v) is 5.47. The average molecular weight is 241 g/mol. The van der Waals surface area contributed by atoms with Gasteiger partial charge in [-0.05, 0) is 12.1 Å². The molecule has 3 rings (SSSR count). The first-order valence-electron chi connectivity index (χ1n) is 5.47. The molecule has 18 heavy (non-hydrogen) atoms. The Bertz CT molecular complexity index is 588. The maximum absolute atomic E-state index is 5.17. The summed E-state index contributed by atoms with van der Waals surface area (Å²) < 4.78 is 5.17. The van der Waals surface area contributed by atoms with Crippen molar-refractivity contribution in [2.45, 2.75) is 6.04 Å². The summed E-state index contributed by atoms with van der Waals surface area (Å²) in [7, 11) is 1.63. The van der Waals surface area contributed by atoms with Crippen LogP contribution in [-0.4, -0.2) is 37.5 Å². The molecular formula is C12H11N5O. The van der Waals surface area contributed by atoms with Crippen LogP contribution in [0.25, 0.3) is 0 Å². The van der Waals surface area contributed by atoms with Crippen molar-refractivity contribution in [3.05, 3.63) is 24.3 Å². The molecule has 0 fully saturated rings. The van der Waals surface area contributed by atoms with Crippen LogP contribution in [0.5, 0.6) is 5.75 Å². The molecule has 0 aliphatic carbocycles. The van der Waals surface area contributed by atoms with Crippen LogP contribution in [0.4, 0.5) is 5.69 Å². The summed E-state index contributed by atoms with van der Waals surface area (Å²) in [5, 5.41) is 3.21. The number of benzene rings is 1. The number of methoxy groups -OCH3 is 1. The summed E-state index contributed by atoms with van der Waals surface area (Å²) in [4.78, 5) is 16.5. The normalized spacial score (nSPS) is 20.2. The second kappa shape index (κ2) is 4.40. The second-order valence-electron chi connectivity index (χ2n) is 3.77. The topological polar surface area (TPSA) is 70.7 Å². The summed E-state index contributed by atoms with van der Waals surface area (Å²) in [5.41, 5.74) is 0.893. The molecule has 0 aromatic heterocycles. The van der Waals surface area contributed by atoms with Gasteiger partial charge in [-0.2, -0.15) is 0 Å². The SMILES string of the molecule is COc1cccc(NC2=NC=NC3=NC=N[C@H]32)c1. The van der Waals surface area contributed by atoms with Crippen LogP contribution < -0.4 is 10.1 Å². The Balaban J connectivity index is 1.84. The fourth-order valence-electron chi connectivity index (χ4n) is 1.76. The van der Waals surface area contributed by atoms with Gasteiger partial charge in [-0.1, -0.05) is 6.07 Å². The van der Waals surface area contributed by atoms with E-state index in [1.54, 1.807) is 7.11 Å². The molecule has 1 atom stereocenters. The summed E-state index contributed by atoms with van der Waals surface area (Å²) in [5.74, 6) is 2.16. The average Bonchev–Trinajstić information content (AvgIpc) is 2.88. The number of fused-ring (bicyclic) bond motifs is 1. The highest BCUT2D eigenvalue weighted by Crippen LogP contribution is 2.18. The van der Waals surface area contributed by atoms with Crippen LogP contribution in [0, 0.1) is 0 Å². The molecule has 0 amide bonds. The smallest absolute Gasteiger partial charge is 0.169 e. The Labute approximate surface area is 104 Å². The van der Waals surface area contributed by atoms with Gasteiger partial charge >= 0.3 is 0 Å². The molecule has 6 nitrogen and oxygen atoms in total. The lowest BCUT2D eigenvalue weighted by Crippen LogP contribution is -2.33. The Morgan fingerprint density at radius 3 is 3.06 bits per heavy atom. The number of amidine groups is 2. The van der Waals surface area contributed by atoms with E-state index in [-0.39, 0.29) is 6.04 Å². The molecule has 0 saturated carbocycles. The first-order chi connectivity index (χ1) is 8.86. The third-order valence-electron chi connectivity index (χ3n) is 2.64. The van der Waals surface area contributed by atoms with Crippen LogP contribution in [0.2, 0.25) is 0 Å². The molecule has 1 N–H and O–H groups in total. The zero-order valence-corrected chi connectivity index (χ0v) is 9.74. The largest absolute Gasteiger partial charge is 0.497 e. The lowest BCUT2D eigenvalue weighted by molar-refractivity contribution is 0.415. The van der Waals surface area contributed by atoms with Gasteiger partial charge in [-0.3, -0.25) is 4.99 Å². The molecular weight excluding hydrogens is 230 g/mol. The first kappa shape index (κ1) is 10.6. The van der Waals surface area contributed by atoms with Crippen LogP contribution in [0.1, 0.15) is 0 Å². The number of anilines is 1. The fraction of sp³-hybridized carbons (Fsp3) is 0.167. The maximum Gasteiger partial charge on any atom is 0.169 e. The van der Waals surface area contributed by atoms with Gasteiger partial charge in [-0.25, -0.2) is 15.0 Å². The number of hydrogen-bond donors (Lipinski definition) is 1. The van der Waals surface area contributed by atoms with Crippen LogP contribution in [-0.2, 0) is 0 Å². The summed E-state index contributed by atoms with van der Waals surface area (Å²) >= 11 is 0. The van der Waals surface area contributed by atoms with Gasteiger partial charge in [0.1, 0.15) is 24.3 Å². The minimum absolute atomic E-state index is 0.221. The Kier molecular flexibility index (Phi) is 2.60. The molecule has 0 spiro atoms. The minimum atomic E-state index is -0.221.